The molecule has 0 radical (unpaired) electrons. The van der Waals surface area contributed by atoms with E-state index in [0.29, 0.717) is 17.3 Å². The molecule has 1 aliphatic heterocycles. The summed E-state index contributed by atoms with van der Waals surface area (Å²) in [7, 11) is 3.22. The zero-order valence-electron chi connectivity index (χ0n) is 17.1. The van der Waals surface area contributed by atoms with Crippen molar-refractivity contribution in [1.82, 2.24) is 0 Å². The van der Waals surface area contributed by atoms with Gasteiger partial charge >= 0.3 is 0 Å². The molecule has 1 aliphatic rings. The Morgan fingerprint density at radius 2 is 1.67 bits per heavy atom. The van der Waals surface area contributed by atoms with Crippen LogP contribution in [0.3, 0.4) is 0 Å². The summed E-state index contributed by atoms with van der Waals surface area (Å²) in [6.07, 6.45) is 1.76. The predicted molar refractivity (Wildman–Crippen MR) is 119 cm³/mol. The van der Waals surface area contributed by atoms with Crippen LogP contribution in [0.4, 0.5) is 5.69 Å². The van der Waals surface area contributed by atoms with Gasteiger partial charge in [0.1, 0.15) is 23.0 Å². The van der Waals surface area contributed by atoms with Gasteiger partial charge in [0.05, 0.1) is 19.9 Å². The van der Waals surface area contributed by atoms with Gasteiger partial charge in [0.2, 0.25) is 0 Å². The molecule has 3 aromatic carbocycles. The zero-order valence-corrected chi connectivity index (χ0v) is 17.1. The number of amidine groups is 1. The number of benzene rings is 3. The molecule has 150 valence electrons. The quantitative estimate of drug-likeness (QED) is 0.578. The van der Waals surface area contributed by atoms with Crippen molar-refractivity contribution in [2.75, 3.05) is 19.1 Å². The highest BCUT2D eigenvalue weighted by Crippen LogP contribution is 2.30. The van der Waals surface area contributed by atoms with Crippen molar-refractivity contribution in [1.29, 1.82) is 0 Å². The lowest BCUT2D eigenvalue weighted by Gasteiger charge is -2.19. The van der Waals surface area contributed by atoms with Crippen molar-refractivity contribution in [3.05, 3.63) is 95.2 Å². The Morgan fingerprint density at radius 3 is 2.37 bits per heavy atom. The molecule has 0 aliphatic carbocycles. The van der Waals surface area contributed by atoms with Gasteiger partial charge in [-0.1, -0.05) is 42.0 Å². The summed E-state index contributed by atoms with van der Waals surface area (Å²) in [5.41, 5.74) is 3.85. The molecule has 0 saturated heterocycles. The summed E-state index contributed by atoms with van der Waals surface area (Å²) in [6, 6.07) is 22.9. The maximum absolute atomic E-state index is 13.4. The minimum Gasteiger partial charge on any atom is -0.497 e. The summed E-state index contributed by atoms with van der Waals surface area (Å²) >= 11 is 0. The SMILES string of the molecule is COc1ccc(N2C(=O)/C(=C\c3ccccc3OC)N=C2c2cccc(C)c2)cc1. The lowest BCUT2D eigenvalue weighted by atomic mass is 10.1. The van der Waals surface area contributed by atoms with Crippen LogP contribution >= 0.6 is 0 Å². The molecule has 4 rings (SSSR count). The second kappa shape index (κ2) is 8.25. The first-order chi connectivity index (χ1) is 14.6. The maximum Gasteiger partial charge on any atom is 0.282 e. The number of ether oxygens (including phenoxy) is 2. The Labute approximate surface area is 175 Å². The van der Waals surface area contributed by atoms with E-state index in [1.54, 1.807) is 25.2 Å². The van der Waals surface area contributed by atoms with Crippen LogP contribution in [0.1, 0.15) is 16.7 Å². The first-order valence-corrected chi connectivity index (χ1v) is 9.59. The third-order valence-corrected chi connectivity index (χ3v) is 4.90. The Hall–Kier alpha value is -3.86. The molecular formula is C25H22N2O3. The van der Waals surface area contributed by atoms with Crippen molar-refractivity contribution >= 4 is 23.5 Å². The Kier molecular flexibility index (Phi) is 5.35. The first-order valence-electron chi connectivity index (χ1n) is 9.59. The van der Waals surface area contributed by atoms with Crippen LogP contribution in [-0.4, -0.2) is 26.0 Å². The lowest BCUT2D eigenvalue weighted by Crippen LogP contribution is -2.32. The number of methoxy groups -OCH3 is 2. The minimum atomic E-state index is -0.192. The van der Waals surface area contributed by atoms with E-state index in [0.717, 1.165) is 28.1 Å². The van der Waals surface area contributed by atoms with E-state index in [1.165, 1.54) is 0 Å². The molecule has 0 bridgehead atoms. The number of rotatable bonds is 5. The number of amides is 1. The number of nitrogens with zero attached hydrogens (tertiary/aromatic N) is 2. The van der Waals surface area contributed by atoms with Crippen molar-refractivity contribution in [2.24, 2.45) is 4.99 Å². The summed E-state index contributed by atoms with van der Waals surface area (Å²) in [5, 5.41) is 0. The van der Waals surface area contributed by atoms with E-state index in [1.807, 2.05) is 79.7 Å². The number of aryl methyl sites for hydroxylation is 1. The highest BCUT2D eigenvalue weighted by Gasteiger charge is 2.32. The Morgan fingerprint density at radius 1 is 0.900 bits per heavy atom. The van der Waals surface area contributed by atoms with Crippen LogP contribution in [-0.2, 0) is 4.79 Å². The average Bonchev–Trinajstić information content (AvgIpc) is 3.10. The smallest absolute Gasteiger partial charge is 0.282 e. The van der Waals surface area contributed by atoms with Crippen molar-refractivity contribution in [3.63, 3.8) is 0 Å². The van der Waals surface area contributed by atoms with E-state index in [-0.39, 0.29) is 5.91 Å². The van der Waals surface area contributed by atoms with Gasteiger partial charge in [0.15, 0.2) is 0 Å². The molecule has 0 fully saturated rings. The van der Waals surface area contributed by atoms with Crippen LogP contribution in [0.25, 0.3) is 6.08 Å². The van der Waals surface area contributed by atoms with E-state index in [2.05, 4.69) is 0 Å². The van der Waals surface area contributed by atoms with Gasteiger partial charge in [0.25, 0.3) is 5.91 Å². The van der Waals surface area contributed by atoms with Crippen molar-refractivity contribution in [3.8, 4) is 11.5 Å². The zero-order chi connectivity index (χ0) is 21.1. The van der Waals surface area contributed by atoms with Gasteiger partial charge in [-0.3, -0.25) is 9.69 Å². The molecule has 3 aromatic rings. The summed E-state index contributed by atoms with van der Waals surface area (Å²) in [6.45, 7) is 2.02. The molecule has 5 heteroatoms. The molecule has 30 heavy (non-hydrogen) atoms. The number of anilines is 1. The number of hydrogen-bond donors (Lipinski definition) is 0. The van der Waals surface area contributed by atoms with Gasteiger partial charge in [-0.2, -0.15) is 0 Å². The van der Waals surface area contributed by atoms with Gasteiger partial charge in [-0.05, 0) is 49.4 Å². The largest absolute Gasteiger partial charge is 0.497 e. The average molecular weight is 398 g/mol. The van der Waals surface area contributed by atoms with Crippen LogP contribution in [0.2, 0.25) is 0 Å². The maximum atomic E-state index is 13.4. The minimum absolute atomic E-state index is 0.192. The van der Waals surface area contributed by atoms with Gasteiger partial charge in [-0.25, -0.2) is 4.99 Å². The number of hydrogen-bond acceptors (Lipinski definition) is 4. The molecule has 0 saturated carbocycles. The molecule has 5 nitrogen and oxygen atoms in total. The van der Waals surface area contributed by atoms with E-state index >= 15 is 0 Å². The summed E-state index contributed by atoms with van der Waals surface area (Å²) < 4.78 is 10.7. The predicted octanol–water partition coefficient (Wildman–Crippen LogP) is 4.85. The van der Waals surface area contributed by atoms with E-state index in [9.17, 15) is 4.79 Å². The monoisotopic (exact) mass is 398 g/mol. The highest BCUT2D eigenvalue weighted by atomic mass is 16.5. The molecule has 1 amide bonds. The normalized spacial score (nSPS) is 14.8. The highest BCUT2D eigenvalue weighted by molar-refractivity contribution is 6.33. The van der Waals surface area contributed by atoms with Crippen LogP contribution in [0.15, 0.2) is 83.5 Å². The fraction of sp³-hybridized carbons (Fsp3) is 0.120. The van der Waals surface area contributed by atoms with Crippen molar-refractivity contribution < 1.29 is 14.3 Å². The standard InChI is InChI=1S/C25H22N2O3/c1-17-7-6-9-19(15-17)24-26-22(16-18-8-4-5-10-23(18)30-3)25(28)27(24)20-11-13-21(29-2)14-12-20/h4-16H,1-3H3/b22-16+. The molecule has 0 N–H and O–H groups in total. The second-order valence-corrected chi connectivity index (χ2v) is 6.92. The van der Waals surface area contributed by atoms with Gasteiger partial charge in [0, 0.05) is 11.1 Å². The number of carbonyl (C=O) groups is 1. The fourth-order valence-corrected chi connectivity index (χ4v) is 3.40. The van der Waals surface area contributed by atoms with Crippen LogP contribution in [0, 0.1) is 6.92 Å². The summed E-state index contributed by atoms with van der Waals surface area (Å²) in [4.78, 5) is 19.8. The van der Waals surface area contributed by atoms with Crippen LogP contribution in [0.5, 0.6) is 11.5 Å². The van der Waals surface area contributed by atoms with E-state index < -0.39 is 0 Å². The summed E-state index contributed by atoms with van der Waals surface area (Å²) in [5.74, 6) is 1.81. The first kappa shape index (κ1) is 19.5. The molecule has 0 unspecified atom stereocenters. The Balaban J connectivity index is 1.83. The van der Waals surface area contributed by atoms with Crippen LogP contribution < -0.4 is 14.4 Å². The second-order valence-electron chi connectivity index (χ2n) is 6.92. The van der Waals surface area contributed by atoms with Crippen molar-refractivity contribution in [2.45, 2.75) is 6.92 Å². The van der Waals surface area contributed by atoms with Gasteiger partial charge < -0.3 is 9.47 Å². The molecule has 0 aromatic heterocycles. The van der Waals surface area contributed by atoms with E-state index in [4.69, 9.17) is 14.5 Å². The molecular weight excluding hydrogens is 376 g/mol. The molecule has 0 spiro atoms. The lowest BCUT2D eigenvalue weighted by molar-refractivity contribution is -0.113. The number of carbonyl (C=O) groups excluding carboxylic acids is 1. The molecule has 0 atom stereocenters. The third-order valence-electron chi connectivity index (χ3n) is 4.90. The topological polar surface area (TPSA) is 51.1 Å². The Bertz CT molecular complexity index is 1150. The fourth-order valence-electron chi connectivity index (χ4n) is 3.40. The molecule has 1 heterocycles. The number of aliphatic imine (C=N–C) groups is 1. The van der Waals surface area contributed by atoms with Gasteiger partial charge in [-0.15, -0.1) is 0 Å². The third kappa shape index (κ3) is 3.70. The number of para-hydroxylation sites is 1.